The highest BCUT2D eigenvalue weighted by Crippen LogP contribution is 2.39. The maximum Gasteiger partial charge on any atom is 0.230 e. The van der Waals surface area contributed by atoms with E-state index in [0.717, 1.165) is 29.8 Å². The highest BCUT2D eigenvalue weighted by atomic mass is 16.5. The third-order valence-corrected chi connectivity index (χ3v) is 5.95. The summed E-state index contributed by atoms with van der Waals surface area (Å²) in [4.78, 5) is 15.8. The second-order valence-electron chi connectivity index (χ2n) is 7.55. The lowest BCUT2D eigenvalue weighted by Gasteiger charge is -2.39. The van der Waals surface area contributed by atoms with Crippen LogP contribution in [0.2, 0.25) is 0 Å². The largest absolute Gasteiger partial charge is 0.493 e. The number of hydrogen-bond donors (Lipinski definition) is 0. The van der Waals surface area contributed by atoms with Crippen molar-refractivity contribution >= 4 is 5.91 Å². The van der Waals surface area contributed by atoms with Gasteiger partial charge in [0, 0.05) is 25.0 Å². The van der Waals surface area contributed by atoms with Crippen molar-refractivity contribution in [3.05, 3.63) is 83.7 Å². The van der Waals surface area contributed by atoms with Gasteiger partial charge < -0.3 is 18.9 Å². The fourth-order valence-electron chi connectivity index (χ4n) is 4.43. The smallest absolute Gasteiger partial charge is 0.230 e. The summed E-state index contributed by atoms with van der Waals surface area (Å²) in [6.45, 7) is 3.54. The van der Waals surface area contributed by atoms with Crippen molar-refractivity contribution in [3.8, 4) is 11.5 Å². The first-order valence-corrected chi connectivity index (χ1v) is 10.4. The molecule has 1 aromatic heterocycles. The summed E-state index contributed by atoms with van der Waals surface area (Å²) in [5.41, 5.74) is 3.20. The van der Waals surface area contributed by atoms with E-state index in [1.54, 1.807) is 14.2 Å². The van der Waals surface area contributed by atoms with Crippen LogP contribution in [0.1, 0.15) is 42.1 Å². The Balaban J connectivity index is 1.76. The van der Waals surface area contributed by atoms with Gasteiger partial charge in [-0.3, -0.25) is 4.79 Å². The number of methoxy groups -OCH3 is 2. The van der Waals surface area contributed by atoms with E-state index < -0.39 is 0 Å². The van der Waals surface area contributed by atoms with Crippen LogP contribution in [0.5, 0.6) is 11.5 Å². The quantitative estimate of drug-likeness (QED) is 0.602. The van der Waals surface area contributed by atoms with Gasteiger partial charge in [-0.05, 0) is 41.8 Å². The van der Waals surface area contributed by atoms with Crippen LogP contribution in [0.3, 0.4) is 0 Å². The number of rotatable bonds is 6. The molecule has 156 valence electrons. The number of carbonyl (C=O) groups excluding carboxylic acids is 1. The molecule has 2 atom stereocenters. The summed E-state index contributed by atoms with van der Waals surface area (Å²) in [5, 5.41) is 0. The van der Waals surface area contributed by atoms with Gasteiger partial charge in [-0.15, -0.1) is 0 Å². The first-order valence-electron chi connectivity index (χ1n) is 10.4. The Morgan fingerprint density at radius 3 is 2.47 bits per heavy atom. The predicted octanol–water partition coefficient (Wildman–Crippen LogP) is 4.63. The highest BCUT2D eigenvalue weighted by Gasteiger charge is 2.35. The van der Waals surface area contributed by atoms with Gasteiger partial charge in [0.15, 0.2) is 11.5 Å². The normalized spacial score (nSPS) is 16.6. The molecule has 4 rings (SSSR count). The number of hydrogen-bond acceptors (Lipinski definition) is 3. The zero-order valence-corrected chi connectivity index (χ0v) is 17.7. The van der Waals surface area contributed by atoms with Crippen molar-refractivity contribution in [1.82, 2.24) is 9.47 Å². The van der Waals surface area contributed by atoms with E-state index in [1.165, 1.54) is 0 Å². The van der Waals surface area contributed by atoms with Crippen molar-refractivity contribution in [2.45, 2.75) is 31.8 Å². The Morgan fingerprint density at radius 1 is 1.00 bits per heavy atom. The van der Waals surface area contributed by atoms with Crippen LogP contribution in [-0.4, -0.2) is 36.1 Å². The van der Waals surface area contributed by atoms with Crippen LogP contribution in [-0.2, 0) is 11.3 Å². The first-order chi connectivity index (χ1) is 14.7. The maximum atomic E-state index is 13.8. The molecule has 0 fully saturated rings. The van der Waals surface area contributed by atoms with Crippen molar-refractivity contribution in [2.75, 3.05) is 20.8 Å². The van der Waals surface area contributed by atoms with Crippen molar-refractivity contribution in [2.24, 2.45) is 0 Å². The van der Waals surface area contributed by atoms with E-state index in [2.05, 4.69) is 23.8 Å². The van der Waals surface area contributed by atoms with E-state index in [4.69, 9.17) is 9.47 Å². The van der Waals surface area contributed by atoms with Gasteiger partial charge in [-0.25, -0.2) is 0 Å². The summed E-state index contributed by atoms with van der Waals surface area (Å²) in [7, 11) is 3.27. The molecule has 30 heavy (non-hydrogen) atoms. The van der Waals surface area contributed by atoms with Crippen LogP contribution in [0.15, 0.2) is 66.9 Å². The van der Waals surface area contributed by atoms with Gasteiger partial charge in [0.25, 0.3) is 0 Å². The molecule has 0 radical (unpaired) electrons. The summed E-state index contributed by atoms with van der Waals surface area (Å²) in [5.74, 6) is 1.36. The second kappa shape index (κ2) is 8.66. The Morgan fingerprint density at radius 2 is 1.77 bits per heavy atom. The summed E-state index contributed by atoms with van der Waals surface area (Å²) in [6, 6.07) is 20.0. The molecule has 1 amide bonds. The summed E-state index contributed by atoms with van der Waals surface area (Å²) in [6.07, 6.45) is 2.85. The van der Waals surface area contributed by atoms with Crippen LogP contribution in [0, 0.1) is 0 Å². The molecule has 5 heteroatoms. The monoisotopic (exact) mass is 404 g/mol. The minimum Gasteiger partial charge on any atom is -0.493 e. The lowest BCUT2D eigenvalue weighted by molar-refractivity contribution is -0.135. The lowest BCUT2D eigenvalue weighted by atomic mass is 9.92. The molecule has 0 spiro atoms. The third kappa shape index (κ3) is 3.56. The number of carbonyl (C=O) groups is 1. The minimum absolute atomic E-state index is 0.157. The minimum atomic E-state index is -0.168. The van der Waals surface area contributed by atoms with E-state index >= 15 is 0 Å². The average Bonchev–Trinajstić information content (AvgIpc) is 3.28. The van der Waals surface area contributed by atoms with Gasteiger partial charge in [0.1, 0.15) is 0 Å². The third-order valence-electron chi connectivity index (χ3n) is 5.95. The fraction of sp³-hybridized carbons (Fsp3) is 0.320. The van der Waals surface area contributed by atoms with Crippen LogP contribution < -0.4 is 9.47 Å². The SMILES string of the molecule is CCC(C(=O)N1CCn2cccc2C1c1ccc(OC)c(OC)c1)c1ccccc1. The molecule has 0 aliphatic carbocycles. The van der Waals surface area contributed by atoms with Gasteiger partial charge >= 0.3 is 0 Å². The fourth-order valence-corrected chi connectivity index (χ4v) is 4.43. The molecule has 0 saturated carbocycles. The number of benzene rings is 2. The molecule has 2 unspecified atom stereocenters. The number of amides is 1. The molecule has 0 bridgehead atoms. The molecule has 5 nitrogen and oxygen atoms in total. The topological polar surface area (TPSA) is 43.7 Å². The van der Waals surface area contributed by atoms with E-state index in [0.29, 0.717) is 18.0 Å². The molecular formula is C25H28N2O3. The van der Waals surface area contributed by atoms with E-state index in [9.17, 15) is 4.79 Å². The van der Waals surface area contributed by atoms with Crippen LogP contribution in [0.4, 0.5) is 0 Å². The van der Waals surface area contributed by atoms with Crippen LogP contribution >= 0.6 is 0 Å². The first kappa shape index (κ1) is 20.1. The molecule has 1 aliphatic heterocycles. The molecular weight excluding hydrogens is 376 g/mol. The van der Waals surface area contributed by atoms with Gasteiger partial charge in [0.05, 0.1) is 26.2 Å². The Labute approximate surface area is 177 Å². The number of ether oxygens (including phenoxy) is 2. The zero-order valence-electron chi connectivity index (χ0n) is 17.7. The van der Waals surface area contributed by atoms with Crippen molar-refractivity contribution < 1.29 is 14.3 Å². The summed E-state index contributed by atoms with van der Waals surface area (Å²) >= 11 is 0. The average molecular weight is 405 g/mol. The standard InChI is InChI=1S/C25H28N2O3/c1-4-20(18-9-6-5-7-10-18)25(28)27-16-15-26-14-8-11-21(26)24(27)19-12-13-22(29-2)23(17-19)30-3/h5-14,17,20,24H,4,15-16H2,1-3H3. The zero-order chi connectivity index (χ0) is 21.1. The molecule has 3 aromatic rings. The second-order valence-corrected chi connectivity index (χ2v) is 7.55. The molecule has 0 N–H and O–H groups in total. The lowest BCUT2D eigenvalue weighted by Crippen LogP contribution is -2.44. The van der Waals surface area contributed by atoms with Crippen molar-refractivity contribution in [1.29, 1.82) is 0 Å². The molecule has 2 aromatic carbocycles. The Kier molecular flexibility index (Phi) is 5.79. The Bertz CT molecular complexity index is 1010. The predicted molar refractivity (Wildman–Crippen MR) is 117 cm³/mol. The van der Waals surface area contributed by atoms with E-state index in [1.807, 2.05) is 59.5 Å². The van der Waals surface area contributed by atoms with Gasteiger partial charge in [-0.1, -0.05) is 43.3 Å². The molecule has 2 heterocycles. The number of nitrogens with zero attached hydrogens (tertiary/aromatic N) is 2. The van der Waals surface area contributed by atoms with Crippen LogP contribution in [0.25, 0.3) is 0 Å². The number of fused-ring (bicyclic) bond motifs is 1. The van der Waals surface area contributed by atoms with Crippen molar-refractivity contribution in [3.63, 3.8) is 0 Å². The summed E-state index contributed by atoms with van der Waals surface area (Å²) < 4.78 is 13.2. The highest BCUT2D eigenvalue weighted by molar-refractivity contribution is 5.84. The molecule has 1 aliphatic rings. The Hall–Kier alpha value is -3.21. The maximum absolute atomic E-state index is 13.8. The molecule has 0 saturated heterocycles. The van der Waals surface area contributed by atoms with Gasteiger partial charge in [-0.2, -0.15) is 0 Å². The van der Waals surface area contributed by atoms with E-state index in [-0.39, 0.29) is 17.9 Å². The van der Waals surface area contributed by atoms with Gasteiger partial charge in [0.2, 0.25) is 5.91 Å². The number of aromatic nitrogens is 1.